The third-order valence-corrected chi connectivity index (χ3v) is 1.41. The van der Waals surface area contributed by atoms with Crippen LogP contribution in [0, 0.1) is 0 Å². The van der Waals surface area contributed by atoms with Crippen molar-refractivity contribution in [2.75, 3.05) is 6.61 Å². The first-order valence-corrected chi connectivity index (χ1v) is 3.66. The van der Waals surface area contributed by atoms with E-state index in [2.05, 4.69) is 4.72 Å². The predicted octanol–water partition coefficient (Wildman–Crippen LogP) is 0.808. The number of rotatable bonds is 3. The van der Waals surface area contributed by atoms with Gasteiger partial charge in [-0.1, -0.05) is 0 Å². The minimum Gasteiger partial charge on any atom is -0.485 e. The predicted molar refractivity (Wildman–Crippen MR) is 40.0 cm³/mol. The van der Waals surface area contributed by atoms with Gasteiger partial charge in [0.2, 0.25) is 0 Å². The molecule has 0 unspecified atom stereocenters. The minimum atomic E-state index is 0.114. The van der Waals surface area contributed by atoms with E-state index in [1.807, 2.05) is 5.41 Å². The molecule has 0 spiro atoms. The zero-order valence-corrected chi connectivity index (χ0v) is 6.06. The molecule has 3 nitrogen and oxygen atoms in total. The summed E-state index contributed by atoms with van der Waals surface area (Å²) in [5, 5.41) is 1.85. The topological polar surface area (TPSA) is 38.3 Å². The monoisotopic (exact) mass is 157 g/mol. The molecule has 0 atom stereocenters. The summed E-state index contributed by atoms with van der Waals surface area (Å²) in [6, 6.07) is 0. The van der Waals surface area contributed by atoms with Crippen molar-refractivity contribution in [1.82, 2.24) is 4.72 Å². The highest BCUT2D eigenvalue weighted by Gasteiger charge is 1.95. The van der Waals surface area contributed by atoms with E-state index in [4.69, 9.17) is 4.74 Å². The first-order valence-electron chi connectivity index (χ1n) is 2.78. The van der Waals surface area contributed by atoms with Crippen LogP contribution in [-0.2, 0) is 9.53 Å². The molecule has 1 heterocycles. The van der Waals surface area contributed by atoms with Crippen molar-refractivity contribution in [3.8, 4) is 0 Å². The third-order valence-electron chi connectivity index (χ3n) is 0.888. The number of hydrogen-bond donors (Lipinski definition) is 1. The van der Waals surface area contributed by atoms with Crippen LogP contribution in [0.25, 0.3) is 0 Å². The Morgan fingerprint density at radius 1 is 1.80 bits per heavy atom. The second kappa shape index (κ2) is 4.00. The molecule has 1 rings (SSSR count). The molecule has 0 fully saturated rings. The summed E-state index contributed by atoms with van der Waals surface area (Å²) in [4.78, 5) is 9.85. The smallest absolute Gasteiger partial charge is 0.157 e. The molecule has 10 heavy (non-hydrogen) atoms. The minimum absolute atomic E-state index is 0.114. The lowest BCUT2D eigenvalue weighted by Gasteiger charge is -2.06. The van der Waals surface area contributed by atoms with E-state index in [-0.39, 0.29) is 6.61 Å². The number of ether oxygens (including phenoxy) is 1. The molecule has 1 aliphatic heterocycles. The molecule has 0 aromatic carbocycles. The number of allylic oxidation sites excluding steroid dienone is 1. The third kappa shape index (κ3) is 2.14. The lowest BCUT2D eigenvalue weighted by molar-refractivity contribution is -0.110. The van der Waals surface area contributed by atoms with Gasteiger partial charge in [0.25, 0.3) is 0 Å². The molecule has 0 amide bonds. The number of carbonyl (C=O) groups is 1. The van der Waals surface area contributed by atoms with Crippen molar-refractivity contribution < 1.29 is 9.53 Å². The van der Waals surface area contributed by atoms with Gasteiger partial charge in [0.15, 0.2) is 6.29 Å². The summed E-state index contributed by atoms with van der Waals surface area (Å²) in [5.41, 5.74) is 0. The lowest BCUT2D eigenvalue weighted by Crippen LogP contribution is -2.01. The summed E-state index contributed by atoms with van der Waals surface area (Å²) < 4.78 is 7.83. The van der Waals surface area contributed by atoms with Crippen molar-refractivity contribution in [1.29, 1.82) is 0 Å². The van der Waals surface area contributed by atoms with Crippen LogP contribution in [0.3, 0.4) is 0 Å². The quantitative estimate of drug-likeness (QED) is 0.486. The Morgan fingerprint density at radius 2 is 2.70 bits per heavy atom. The normalized spacial score (nSPS) is 15.4. The van der Waals surface area contributed by atoms with Crippen molar-refractivity contribution >= 4 is 18.2 Å². The van der Waals surface area contributed by atoms with Crippen LogP contribution in [0.4, 0.5) is 0 Å². The second-order valence-corrected chi connectivity index (χ2v) is 2.31. The Labute approximate surface area is 63.3 Å². The Bertz CT molecular complexity index is 177. The van der Waals surface area contributed by atoms with Gasteiger partial charge in [-0.2, -0.15) is 0 Å². The van der Waals surface area contributed by atoms with Gasteiger partial charge in [0, 0.05) is 6.20 Å². The molecule has 0 aliphatic carbocycles. The van der Waals surface area contributed by atoms with Gasteiger partial charge in [0.05, 0.1) is 0 Å². The van der Waals surface area contributed by atoms with E-state index < -0.39 is 0 Å². The molecule has 54 valence electrons. The number of nitrogens with one attached hydrogen (secondary N) is 1. The first kappa shape index (κ1) is 7.21. The SMILES string of the molecule is O=CCOC1=CNSC=C1. The maximum Gasteiger partial charge on any atom is 0.157 e. The molecule has 1 N–H and O–H groups in total. The molecule has 0 aromatic heterocycles. The molecular weight excluding hydrogens is 150 g/mol. The Morgan fingerprint density at radius 3 is 3.30 bits per heavy atom. The average Bonchev–Trinajstić information content (AvgIpc) is 2.03. The number of carbonyl (C=O) groups excluding carboxylic acids is 1. The summed E-state index contributed by atoms with van der Waals surface area (Å²) in [7, 11) is 0. The summed E-state index contributed by atoms with van der Waals surface area (Å²) in [6.07, 6.45) is 4.22. The molecule has 0 radical (unpaired) electrons. The molecule has 4 heteroatoms. The van der Waals surface area contributed by atoms with E-state index >= 15 is 0 Å². The van der Waals surface area contributed by atoms with Crippen LogP contribution in [-0.4, -0.2) is 12.9 Å². The van der Waals surface area contributed by atoms with Gasteiger partial charge in [0.1, 0.15) is 12.4 Å². The average molecular weight is 157 g/mol. The van der Waals surface area contributed by atoms with Gasteiger partial charge in [-0.15, -0.1) is 0 Å². The van der Waals surface area contributed by atoms with E-state index in [1.165, 1.54) is 11.9 Å². The summed E-state index contributed by atoms with van der Waals surface area (Å²) in [5.74, 6) is 0.686. The molecule has 0 saturated heterocycles. The zero-order chi connectivity index (χ0) is 7.23. The van der Waals surface area contributed by atoms with Crippen molar-refractivity contribution in [2.45, 2.75) is 0 Å². The van der Waals surface area contributed by atoms with Gasteiger partial charge in [-0.3, -0.25) is 4.79 Å². The van der Waals surface area contributed by atoms with E-state index in [0.717, 1.165) is 6.29 Å². The van der Waals surface area contributed by atoms with Crippen LogP contribution in [0.1, 0.15) is 0 Å². The fraction of sp³-hybridized carbons (Fsp3) is 0.167. The van der Waals surface area contributed by atoms with Crippen LogP contribution in [0.15, 0.2) is 23.4 Å². The highest BCUT2D eigenvalue weighted by atomic mass is 32.2. The fourth-order valence-corrected chi connectivity index (χ4v) is 0.966. The van der Waals surface area contributed by atoms with Gasteiger partial charge in [-0.25, -0.2) is 0 Å². The van der Waals surface area contributed by atoms with E-state index in [9.17, 15) is 4.79 Å². The number of aldehydes is 1. The standard InChI is InChI=1S/C6H7NO2S/c8-2-3-9-6-1-4-10-7-5-6/h1-2,4-5,7H,3H2. The van der Waals surface area contributed by atoms with Crippen molar-refractivity contribution in [2.24, 2.45) is 0 Å². The van der Waals surface area contributed by atoms with Crippen molar-refractivity contribution in [3.05, 3.63) is 23.4 Å². The summed E-state index contributed by atoms with van der Waals surface area (Å²) in [6.45, 7) is 0.114. The highest BCUT2D eigenvalue weighted by Crippen LogP contribution is 2.08. The Hall–Kier alpha value is -0.900. The van der Waals surface area contributed by atoms with Crippen LogP contribution < -0.4 is 4.72 Å². The largest absolute Gasteiger partial charge is 0.485 e. The lowest BCUT2D eigenvalue weighted by atomic mass is 10.5. The molecule has 0 bridgehead atoms. The van der Waals surface area contributed by atoms with E-state index in [1.54, 1.807) is 12.3 Å². The summed E-state index contributed by atoms with van der Waals surface area (Å²) >= 11 is 1.46. The second-order valence-electron chi connectivity index (χ2n) is 1.56. The van der Waals surface area contributed by atoms with Gasteiger partial charge >= 0.3 is 0 Å². The number of hydrogen-bond acceptors (Lipinski definition) is 4. The highest BCUT2D eigenvalue weighted by molar-refractivity contribution is 8.00. The Kier molecular flexibility index (Phi) is 2.89. The van der Waals surface area contributed by atoms with Gasteiger partial charge < -0.3 is 9.46 Å². The van der Waals surface area contributed by atoms with Crippen LogP contribution >= 0.6 is 11.9 Å². The molecule has 0 aromatic rings. The van der Waals surface area contributed by atoms with Crippen molar-refractivity contribution in [3.63, 3.8) is 0 Å². The molecular formula is C6H7NO2S. The maximum absolute atomic E-state index is 9.85. The first-order chi connectivity index (χ1) is 4.93. The Balaban J connectivity index is 2.32. The maximum atomic E-state index is 9.85. The van der Waals surface area contributed by atoms with Crippen LogP contribution in [0.2, 0.25) is 0 Å². The van der Waals surface area contributed by atoms with Gasteiger partial charge in [-0.05, 0) is 23.4 Å². The fourth-order valence-electron chi connectivity index (χ4n) is 0.501. The zero-order valence-electron chi connectivity index (χ0n) is 5.24. The molecule has 1 aliphatic rings. The molecule has 0 saturated carbocycles. The van der Waals surface area contributed by atoms with Crippen LogP contribution in [0.5, 0.6) is 0 Å². The van der Waals surface area contributed by atoms with E-state index in [0.29, 0.717) is 5.76 Å².